The number of nitrogens with one attached hydrogen (secondary N) is 2. The monoisotopic (exact) mass is 366 g/mol. The fraction of sp³-hybridized carbons (Fsp3) is 0.409. The number of nitrogens with zero attached hydrogens (tertiary/aromatic N) is 1. The van der Waals surface area contributed by atoms with Gasteiger partial charge in [0.25, 0.3) is 5.91 Å². The number of benzene rings is 2. The zero-order valence-electron chi connectivity index (χ0n) is 16.0. The molecule has 1 aliphatic heterocycles. The van der Waals surface area contributed by atoms with Crippen LogP contribution in [0, 0.1) is 0 Å². The summed E-state index contributed by atoms with van der Waals surface area (Å²) in [7, 11) is 1.71. The van der Waals surface area contributed by atoms with Gasteiger partial charge in [0.15, 0.2) is 6.54 Å². The van der Waals surface area contributed by atoms with Crippen LogP contribution in [0.1, 0.15) is 17.5 Å². The van der Waals surface area contributed by atoms with Gasteiger partial charge in [-0.3, -0.25) is 4.79 Å². The highest BCUT2D eigenvalue weighted by molar-refractivity contribution is 5.91. The molecule has 2 aromatic carbocycles. The summed E-state index contributed by atoms with van der Waals surface area (Å²) >= 11 is 0. The number of hydrogen-bond acceptors (Lipinski definition) is 3. The Hall–Kier alpha value is -2.53. The fourth-order valence-electron chi connectivity index (χ4n) is 4.21. The lowest BCUT2D eigenvalue weighted by Gasteiger charge is -2.34. The summed E-state index contributed by atoms with van der Waals surface area (Å²) in [4.78, 5) is 16.1. The number of carbonyl (C=O) groups excluding carboxylic acids is 1. The molecule has 5 heteroatoms. The van der Waals surface area contributed by atoms with E-state index in [1.165, 1.54) is 28.9 Å². The number of fused-ring (bicyclic) bond motifs is 1. The number of methoxy groups -OCH3 is 1. The average Bonchev–Trinajstić information content (AvgIpc) is 3.16. The van der Waals surface area contributed by atoms with E-state index in [9.17, 15) is 4.79 Å². The smallest absolute Gasteiger partial charge is 0.279 e. The van der Waals surface area contributed by atoms with E-state index in [0.717, 1.165) is 49.7 Å². The number of ether oxygens (including phenoxy) is 1. The lowest BCUT2D eigenvalue weighted by molar-refractivity contribution is -0.892. The van der Waals surface area contributed by atoms with Gasteiger partial charge in [0.1, 0.15) is 5.75 Å². The molecule has 2 N–H and O–H groups in total. The molecule has 0 saturated carbocycles. The van der Waals surface area contributed by atoms with E-state index in [1.807, 2.05) is 24.3 Å². The van der Waals surface area contributed by atoms with Crippen molar-refractivity contribution in [3.63, 3.8) is 0 Å². The standard InChI is InChI=1S/C22H27N3O2/c1-27-21-8-3-2-7-20(21)25-13-11-24(12-14-25)16-22(26)23-19-10-9-17-5-4-6-18(17)15-19/h2-3,7-10,15H,4-6,11-14,16H2,1H3,(H,23,26)/p+1. The van der Waals surface area contributed by atoms with Crippen molar-refractivity contribution in [2.45, 2.75) is 19.3 Å². The molecule has 2 aliphatic rings. The molecule has 1 heterocycles. The van der Waals surface area contributed by atoms with Crippen molar-refractivity contribution < 1.29 is 14.4 Å². The molecule has 1 saturated heterocycles. The van der Waals surface area contributed by atoms with E-state index in [1.54, 1.807) is 7.11 Å². The molecule has 1 aliphatic carbocycles. The van der Waals surface area contributed by atoms with Gasteiger partial charge in [-0.25, -0.2) is 0 Å². The minimum Gasteiger partial charge on any atom is -0.495 e. The van der Waals surface area contributed by atoms with Crippen LogP contribution in [0.25, 0.3) is 0 Å². The normalized spacial score (nSPS) is 16.9. The van der Waals surface area contributed by atoms with E-state index < -0.39 is 0 Å². The molecule has 5 nitrogen and oxygen atoms in total. The minimum atomic E-state index is 0.105. The fourth-order valence-corrected chi connectivity index (χ4v) is 4.21. The number of aryl methyl sites for hydroxylation is 2. The topological polar surface area (TPSA) is 46.0 Å². The van der Waals surface area contributed by atoms with E-state index in [0.29, 0.717) is 6.54 Å². The quantitative estimate of drug-likeness (QED) is 0.844. The van der Waals surface area contributed by atoms with Gasteiger partial charge >= 0.3 is 0 Å². The van der Waals surface area contributed by atoms with E-state index >= 15 is 0 Å². The molecule has 142 valence electrons. The van der Waals surface area contributed by atoms with Crippen molar-refractivity contribution >= 4 is 17.3 Å². The van der Waals surface area contributed by atoms with Gasteiger partial charge in [-0.1, -0.05) is 18.2 Å². The molecule has 0 unspecified atom stereocenters. The summed E-state index contributed by atoms with van der Waals surface area (Å²) < 4.78 is 5.48. The molecular formula is C22H28N3O2+. The maximum atomic E-state index is 12.5. The third-order valence-corrected chi connectivity index (χ3v) is 5.69. The first-order valence-electron chi connectivity index (χ1n) is 9.86. The summed E-state index contributed by atoms with van der Waals surface area (Å²) in [5, 5.41) is 3.09. The van der Waals surface area contributed by atoms with Crippen molar-refractivity contribution in [2.75, 3.05) is 50.1 Å². The summed E-state index contributed by atoms with van der Waals surface area (Å²) in [6, 6.07) is 14.5. The Morgan fingerprint density at radius 3 is 2.70 bits per heavy atom. The van der Waals surface area contributed by atoms with Gasteiger partial charge in [-0.15, -0.1) is 0 Å². The Balaban J connectivity index is 1.29. The molecule has 0 atom stereocenters. The number of para-hydroxylation sites is 2. The van der Waals surface area contributed by atoms with Crippen molar-refractivity contribution in [1.29, 1.82) is 0 Å². The highest BCUT2D eigenvalue weighted by Crippen LogP contribution is 2.27. The van der Waals surface area contributed by atoms with E-state index in [2.05, 4.69) is 28.4 Å². The Bertz CT molecular complexity index is 813. The first-order chi connectivity index (χ1) is 13.2. The highest BCUT2D eigenvalue weighted by Gasteiger charge is 2.24. The first kappa shape index (κ1) is 17.9. The second kappa shape index (κ2) is 8.01. The summed E-state index contributed by atoms with van der Waals surface area (Å²) in [5.74, 6) is 1.02. The summed E-state index contributed by atoms with van der Waals surface area (Å²) in [5.41, 5.74) is 4.91. The van der Waals surface area contributed by atoms with Crippen molar-refractivity contribution in [2.24, 2.45) is 0 Å². The maximum Gasteiger partial charge on any atom is 0.279 e. The number of rotatable bonds is 5. The molecule has 2 aromatic rings. The molecule has 0 spiro atoms. The minimum absolute atomic E-state index is 0.105. The predicted octanol–water partition coefficient (Wildman–Crippen LogP) is 1.53. The van der Waals surface area contributed by atoms with E-state index in [4.69, 9.17) is 4.74 Å². The second-order valence-electron chi connectivity index (χ2n) is 7.47. The third kappa shape index (κ3) is 4.08. The van der Waals surface area contributed by atoms with Crippen molar-refractivity contribution in [3.05, 3.63) is 53.6 Å². The van der Waals surface area contributed by atoms with Gasteiger partial charge in [0.05, 0.1) is 39.0 Å². The van der Waals surface area contributed by atoms with Gasteiger partial charge in [-0.05, 0) is 54.7 Å². The molecule has 0 bridgehead atoms. The van der Waals surface area contributed by atoms with Crippen LogP contribution in [-0.4, -0.2) is 45.7 Å². The van der Waals surface area contributed by atoms with Gasteiger partial charge < -0.3 is 19.9 Å². The van der Waals surface area contributed by atoms with Crippen LogP contribution in [0.15, 0.2) is 42.5 Å². The predicted molar refractivity (Wildman–Crippen MR) is 108 cm³/mol. The summed E-state index contributed by atoms with van der Waals surface area (Å²) in [6.07, 6.45) is 3.53. The van der Waals surface area contributed by atoms with Crippen LogP contribution in [0.5, 0.6) is 5.75 Å². The van der Waals surface area contributed by atoms with Gasteiger partial charge in [0, 0.05) is 5.69 Å². The van der Waals surface area contributed by atoms with Crippen LogP contribution < -0.4 is 19.9 Å². The third-order valence-electron chi connectivity index (χ3n) is 5.69. The van der Waals surface area contributed by atoms with Crippen LogP contribution in [0.4, 0.5) is 11.4 Å². The number of anilines is 2. The average molecular weight is 366 g/mol. The number of piperazine rings is 1. The molecule has 27 heavy (non-hydrogen) atoms. The molecule has 0 aromatic heterocycles. The van der Waals surface area contributed by atoms with Crippen LogP contribution in [0.3, 0.4) is 0 Å². The Kier molecular flexibility index (Phi) is 5.30. The van der Waals surface area contributed by atoms with Crippen LogP contribution in [0.2, 0.25) is 0 Å². The largest absolute Gasteiger partial charge is 0.495 e. The molecule has 0 radical (unpaired) electrons. The molecule has 4 rings (SSSR count). The Morgan fingerprint density at radius 1 is 1.11 bits per heavy atom. The number of amides is 1. The zero-order chi connectivity index (χ0) is 18.6. The van der Waals surface area contributed by atoms with E-state index in [-0.39, 0.29) is 5.91 Å². The first-order valence-corrected chi connectivity index (χ1v) is 9.86. The van der Waals surface area contributed by atoms with Gasteiger partial charge in [0.2, 0.25) is 0 Å². The molecular weight excluding hydrogens is 338 g/mol. The number of quaternary nitrogens is 1. The molecule has 1 fully saturated rings. The van der Waals surface area contributed by atoms with Crippen molar-refractivity contribution in [1.82, 2.24) is 0 Å². The lowest BCUT2D eigenvalue weighted by atomic mass is 10.1. The SMILES string of the molecule is COc1ccccc1N1CC[NH+](CC(=O)Nc2ccc3c(c2)CCC3)CC1. The van der Waals surface area contributed by atoms with Crippen molar-refractivity contribution in [3.8, 4) is 5.75 Å². The Labute approximate surface area is 160 Å². The number of carbonyl (C=O) groups is 1. The maximum absolute atomic E-state index is 12.5. The second-order valence-corrected chi connectivity index (χ2v) is 7.47. The molecule has 1 amide bonds. The highest BCUT2D eigenvalue weighted by atomic mass is 16.5. The van der Waals surface area contributed by atoms with Gasteiger partial charge in [-0.2, -0.15) is 0 Å². The Morgan fingerprint density at radius 2 is 1.89 bits per heavy atom. The van der Waals surface area contributed by atoms with Crippen LogP contribution in [-0.2, 0) is 17.6 Å². The summed E-state index contributed by atoms with van der Waals surface area (Å²) in [6.45, 7) is 4.30. The van der Waals surface area contributed by atoms with Crippen LogP contribution >= 0.6 is 0 Å². The lowest BCUT2D eigenvalue weighted by Crippen LogP contribution is -3.15. The number of hydrogen-bond donors (Lipinski definition) is 2. The zero-order valence-corrected chi connectivity index (χ0v) is 16.0.